The first kappa shape index (κ1) is 17.9. The quantitative estimate of drug-likeness (QED) is 0.912. The fraction of sp³-hybridized carbons (Fsp3) is 0.600. The number of amides is 2. The molecule has 0 bridgehead atoms. The summed E-state index contributed by atoms with van der Waals surface area (Å²) in [6.45, 7) is 3.37. The third-order valence-corrected chi connectivity index (χ3v) is 5.53. The topological polar surface area (TPSA) is 49.4 Å². The Morgan fingerprint density at radius 2 is 1.76 bits per heavy atom. The average molecular weight is 346 g/mol. The van der Waals surface area contributed by atoms with E-state index in [9.17, 15) is 14.0 Å². The highest BCUT2D eigenvalue weighted by molar-refractivity contribution is 5.94. The van der Waals surface area contributed by atoms with Gasteiger partial charge in [0.15, 0.2) is 0 Å². The van der Waals surface area contributed by atoms with Crippen LogP contribution in [-0.2, 0) is 4.79 Å². The van der Waals surface area contributed by atoms with E-state index in [1.165, 1.54) is 37.1 Å². The van der Waals surface area contributed by atoms with Crippen LogP contribution in [-0.4, -0.2) is 35.8 Å². The molecule has 0 radical (unpaired) electrons. The van der Waals surface area contributed by atoms with Crippen LogP contribution in [0.3, 0.4) is 0 Å². The van der Waals surface area contributed by atoms with Crippen LogP contribution < -0.4 is 5.32 Å². The summed E-state index contributed by atoms with van der Waals surface area (Å²) in [5.74, 6) is 0.221. The van der Waals surface area contributed by atoms with Gasteiger partial charge in [-0.2, -0.15) is 0 Å². The highest BCUT2D eigenvalue weighted by Gasteiger charge is 2.30. The summed E-state index contributed by atoms with van der Waals surface area (Å²) < 4.78 is 13.0. The maximum absolute atomic E-state index is 13.0. The van der Waals surface area contributed by atoms with Crippen molar-refractivity contribution in [1.82, 2.24) is 10.2 Å². The van der Waals surface area contributed by atoms with E-state index >= 15 is 0 Å². The zero-order chi connectivity index (χ0) is 17.8. The van der Waals surface area contributed by atoms with Gasteiger partial charge in [0, 0.05) is 24.7 Å². The predicted molar refractivity (Wildman–Crippen MR) is 94.6 cm³/mol. The van der Waals surface area contributed by atoms with Crippen molar-refractivity contribution in [3.8, 4) is 0 Å². The molecule has 136 valence electrons. The minimum atomic E-state index is -0.353. The van der Waals surface area contributed by atoms with Gasteiger partial charge in [0.25, 0.3) is 5.91 Å². The molecule has 1 atom stereocenters. The lowest BCUT2D eigenvalue weighted by Gasteiger charge is -2.34. The smallest absolute Gasteiger partial charge is 0.253 e. The van der Waals surface area contributed by atoms with Gasteiger partial charge in [-0.05, 0) is 68.7 Å². The van der Waals surface area contributed by atoms with Gasteiger partial charge in [-0.3, -0.25) is 9.59 Å². The van der Waals surface area contributed by atoms with Crippen molar-refractivity contribution < 1.29 is 14.0 Å². The number of carbonyl (C=O) groups excluding carboxylic acids is 2. The number of carbonyl (C=O) groups is 2. The normalized spacial score (nSPS) is 27.0. The number of hydrogen-bond donors (Lipinski definition) is 1. The highest BCUT2D eigenvalue weighted by atomic mass is 19.1. The minimum absolute atomic E-state index is 0.0798. The highest BCUT2D eigenvalue weighted by Crippen LogP contribution is 2.25. The molecule has 2 amide bonds. The Kier molecular flexibility index (Phi) is 5.71. The maximum atomic E-state index is 13.0. The molecule has 0 unspecified atom stereocenters. The van der Waals surface area contributed by atoms with Crippen LogP contribution in [0.1, 0.15) is 55.8 Å². The van der Waals surface area contributed by atoms with Gasteiger partial charge >= 0.3 is 0 Å². The number of nitrogens with zero attached hydrogens (tertiary/aromatic N) is 1. The fourth-order valence-electron chi connectivity index (χ4n) is 3.87. The van der Waals surface area contributed by atoms with Crippen molar-refractivity contribution in [3.05, 3.63) is 35.6 Å². The fourth-order valence-corrected chi connectivity index (χ4v) is 3.87. The van der Waals surface area contributed by atoms with Gasteiger partial charge in [-0.25, -0.2) is 4.39 Å². The van der Waals surface area contributed by atoms with Gasteiger partial charge in [-0.1, -0.05) is 6.92 Å². The number of likely N-dealkylation sites (tertiary alicyclic amines) is 1. The largest absolute Gasteiger partial charge is 0.353 e. The van der Waals surface area contributed by atoms with Crippen LogP contribution in [0.5, 0.6) is 0 Å². The van der Waals surface area contributed by atoms with E-state index in [1.54, 1.807) is 4.90 Å². The lowest BCUT2D eigenvalue weighted by atomic mass is 9.87. The van der Waals surface area contributed by atoms with Crippen molar-refractivity contribution >= 4 is 11.8 Å². The van der Waals surface area contributed by atoms with Gasteiger partial charge in [0.1, 0.15) is 5.82 Å². The molecule has 1 N–H and O–H groups in total. The van der Waals surface area contributed by atoms with Crippen LogP contribution in [0.4, 0.5) is 4.39 Å². The molecule has 0 aromatic heterocycles. The standard InChI is InChI=1S/C20H27FN2O2/c1-14-4-10-18(11-5-14)22-19(24)16-3-2-12-23(13-16)20(25)15-6-8-17(21)9-7-15/h6-9,14,16,18H,2-5,10-13H2,1H3,(H,22,24)/t14?,16-,18?/m1/s1. The lowest BCUT2D eigenvalue weighted by molar-refractivity contribution is -0.127. The first-order valence-electron chi connectivity index (χ1n) is 9.38. The van der Waals surface area contributed by atoms with E-state index in [2.05, 4.69) is 12.2 Å². The second-order valence-corrected chi connectivity index (χ2v) is 7.56. The molecule has 25 heavy (non-hydrogen) atoms. The van der Waals surface area contributed by atoms with E-state index in [1.807, 2.05) is 0 Å². The van der Waals surface area contributed by atoms with Crippen molar-refractivity contribution in [3.63, 3.8) is 0 Å². The van der Waals surface area contributed by atoms with Crippen molar-refractivity contribution in [2.24, 2.45) is 11.8 Å². The Hall–Kier alpha value is -1.91. The summed E-state index contributed by atoms with van der Waals surface area (Å²) in [5, 5.41) is 3.19. The molecule has 1 aliphatic heterocycles. The van der Waals surface area contributed by atoms with E-state index < -0.39 is 0 Å². The number of halogens is 1. The van der Waals surface area contributed by atoms with Crippen LogP contribution in [0.2, 0.25) is 0 Å². The monoisotopic (exact) mass is 346 g/mol. The van der Waals surface area contributed by atoms with Crippen molar-refractivity contribution in [2.45, 2.75) is 51.5 Å². The second-order valence-electron chi connectivity index (χ2n) is 7.56. The van der Waals surface area contributed by atoms with E-state index in [4.69, 9.17) is 0 Å². The van der Waals surface area contributed by atoms with Crippen LogP contribution >= 0.6 is 0 Å². The second kappa shape index (κ2) is 7.98. The van der Waals surface area contributed by atoms with Crippen LogP contribution in [0.25, 0.3) is 0 Å². The maximum Gasteiger partial charge on any atom is 0.253 e. The molecule has 2 fully saturated rings. The molecule has 1 heterocycles. The third-order valence-electron chi connectivity index (χ3n) is 5.53. The summed E-state index contributed by atoms with van der Waals surface area (Å²) in [5.41, 5.74) is 0.476. The lowest BCUT2D eigenvalue weighted by Crippen LogP contribution is -2.48. The Morgan fingerprint density at radius 3 is 2.44 bits per heavy atom. The number of nitrogens with one attached hydrogen (secondary N) is 1. The number of piperidine rings is 1. The first-order valence-corrected chi connectivity index (χ1v) is 9.38. The molecule has 1 aliphatic carbocycles. The van der Waals surface area contributed by atoms with Crippen molar-refractivity contribution in [2.75, 3.05) is 13.1 Å². The summed E-state index contributed by atoms with van der Waals surface area (Å²) >= 11 is 0. The molecule has 1 saturated heterocycles. The molecule has 1 aromatic rings. The summed E-state index contributed by atoms with van der Waals surface area (Å²) in [6, 6.07) is 5.89. The molecule has 1 saturated carbocycles. The summed E-state index contributed by atoms with van der Waals surface area (Å²) in [7, 11) is 0. The molecular weight excluding hydrogens is 319 g/mol. The van der Waals surface area contributed by atoms with E-state index in [0.29, 0.717) is 18.7 Å². The zero-order valence-corrected chi connectivity index (χ0v) is 14.8. The summed E-state index contributed by atoms with van der Waals surface area (Å²) in [6.07, 6.45) is 6.10. The van der Waals surface area contributed by atoms with Crippen LogP contribution in [0, 0.1) is 17.7 Å². The predicted octanol–water partition coefficient (Wildman–Crippen LogP) is 3.37. The molecule has 2 aliphatic rings. The van der Waals surface area contributed by atoms with Gasteiger partial charge in [-0.15, -0.1) is 0 Å². The first-order chi connectivity index (χ1) is 12.0. The van der Waals surface area contributed by atoms with Crippen molar-refractivity contribution in [1.29, 1.82) is 0 Å². The number of rotatable bonds is 3. The van der Waals surface area contributed by atoms with Gasteiger partial charge in [0.2, 0.25) is 5.91 Å². The molecule has 4 nitrogen and oxygen atoms in total. The minimum Gasteiger partial charge on any atom is -0.353 e. The van der Waals surface area contributed by atoms with Gasteiger partial charge in [0.05, 0.1) is 5.92 Å². The molecule has 5 heteroatoms. The average Bonchev–Trinajstić information content (AvgIpc) is 2.64. The molecular formula is C20H27FN2O2. The molecule has 1 aromatic carbocycles. The Morgan fingerprint density at radius 1 is 1.08 bits per heavy atom. The zero-order valence-electron chi connectivity index (χ0n) is 14.8. The van der Waals surface area contributed by atoms with E-state index in [-0.39, 0.29) is 29.6 Å². The molecule has 0 spiro atoms. The number of benzene rings is 1. The number of hydrogen-bond acceptors (Lipinski definition) is 2. The third kappa shape index (κ3) is 4.59. The Labute approximate surface area is 148 Å². The summed E-state index contributed by atoms with van der Waals surface area (Å²) in [4.78, 5) is 26.9. The molecule has 3 rings (SSSR count). The Bertz CT molecular complexity index is 609. The van der Waals surface area contributed by atoms with Crippen LogP contribution in [0.15, 0.2) is 24.3 Å². The van der Waals surface area contributed by atoms with E-state index in [0.717, 1.165) is 31.6 Å². The van der Waals surface area contributed by atoms with Gasteiger partial charge < -0.3 is 10.2 Å². The Balaban J connectivity index is 1.56. The SMILES string of the molecule is CC1CCC(NC(=O)[C@@H]2CCCN(C(=O)c3ccc(F)cc3)C2)CC1.